The zero-order chi connectivity index (χ0) is 15.7. The van der Waals surface area contributed by atoms with Gasteiger partial charge in [-0.25, -0.2) is 0 Å². The fourth-order valence-electron chi connectivity index (χ4n) is 2.22. The molecule has 1 N–H and O–H groups in total. The fourth-order valence-corrected chi connectivity index (χ4v) is 2.93. The standard InChI is InChI=1S/C17H27BrN2O/c1-5-9-19-14(3)16-8-7-15(13-17(16)18)20(10-6-2)11-12-21-4/h6-8,13-14,19H,2,5,9-12H2,1,3-4H3. The molecule has 0 bridgehead atoms. The van der Waals surface area contributed by atoms with Crippen LogP contribution in [-0.4, -0.2) is 33.4 Å². The highest BCUT2D eigenvalue weighted by Gasteiger charge is 2.11. The highest BCUT2D eigenvalue weighted by molar-refractivity contribution is 9.10. The summed E-state index contributed by atoms with van der Waals surface area (Å²) in [6, 6.07) is 6.89. The Morgan fingerprint density at radius 3 is 2.81 bits per heavy atom. The smallest absolute Gasteiger partial charge is 0.0637 e. The monoisotopic (exact) mass is 354 g/mol. The van der Waals surface area contributed by atoms with Gasteiger partial charge in [-0.2, -0.15) is 0 Å². The van der Waals surface area contributed by atoms with E-state index in [9.17, 15) is 0 Å². The van der Waals surface area contributed by atoms with Crippen molar-refractivity contribution >= 4 is 21.6 Å². The van der Waals surface area contributed by atoms with Crippen LogP contribution in [0.1, 0.15) is 31.9 Å². The molecule has 1 rings (SSSR count). The summed E-state index contributed by atoms with van der Waals surface area (Å²) in [6.45, 7) is 11.6. The molecule has 118 valence electrons. The first-order valence-electron chi connectivity index (χ1n) is 7.51. The normalized spacial score (nSPS) is 12.2. The molecule has 0 aliphatic carbocycles. The van der Waals surface area contributed by atoms with Gasteiger partial charge in [-0.1, -0.05) is 35.0 Å². The van der Waals surface area contributed by atoms with E-state index >= 15 is 0 Å². The highest BCUT2D eigenvalue weighted by Crippen LogP contribution is 2.28. The Balaban J connectivity index is 2.85. The summed E-state index contributed by atoms with van der Waals surface area (Å²) in [7, 11) is 1.73. The summed E-state index contributed by atoms with van der Waals surface area (Å²) in [5.74, 6) is 0. The quantitative estimate of drug-likeness (QED) is 0.638. The minimum Gasteiger partial charge on any atom is -0.383 e. The minimum atomic E-state index is 0.347. The number of rotatable bonds is 10. The van der Waals surface area contributed by atoms with Crippen molar-refractivity contribution in [3.05, 3.63) is 40.9 Å². The molecule has 0 saturated heterocycles. The van der Waals surface area contributed by atoms with Crippen LogP contribution in [0.4, 0.5) is 5.69 Å². The van der Waals surface area contributed by atoms with Crippen molar-refractivity contribution in [3.8, 4) is 0 Å². The molecule has 0 heterocycles. The second kappa shape index (κ2) is 9.98. The van der Waals surface area contributed by atoms with Gasteiger partial charge in [0.2, 0.25) is 0 Å². The number of methoxy groups -OCH3 is 1. The van der Waals surface area contributed by atoms with Crippen LogP contribution in [0.2, 0.25) is 0 Å². The van der Waals surface area contributed by atoms with E-state index in [-0.39, 0.29) is 0 Å². The first kappa shape index (κ1) is 18.2. The molecule has 0 saturated carbocycles. The number of ether oxygens (including phenoxy) is 1. The summed E-state index contributed by atoms with van der Waals surface area (Å²) in [5.41, 5.74) is 2.47. The summed E-state index contributed by atoms with van der Waals surface area (Å²) in [6.07, 6.45) is 3.06. The number of nitrogens with zero attached hydrogens (tertiary/aromatic N) is 1. The molecule has 1 unspecified atom stereocenters. The van der Waals surface area contributed by atoms with E-state index in [4.69, 9.17) is 4.74 Å². The van der Waals surface area contributed by atoms with Crippen molar-refractivity contribution in [3.63, 3.8) is 0 Å². The van der Waals surface area contributed by atoms with Crippen molar-refractivity contribution in [2.24, 2.45) is 0 Å². The zero-order valence-corrected chi connectivity index (χ0v) is 14.9. The Bertz CT molecular complexity index is 437. The molecule has 3 nitrogen and oxygen atoms in total. The Kier molecular flexibility index (Phi) is 8.66. The van der Waals surface area contributed by atoms with Crippen LogP contribution in [-0.2, 0) is 4.74 Å². The van der Waals surface area contributed by atoms with E-state index in [1.807, 2.05) is 6.08 Å². The number of hydrogen-bond acceptors (Lipinski definition) is 3. The van der Waals surface area contributed by atoms with Crippen LogP contribution in [0.15, 0.2) is 35.3 Å². The first-order chi connectivity index (χ1) is 10.1. The maximum Gasteiger partial charge on any atom is 0.0637 e. The lowest BCUT2D eigenvalue weighted by atomic mass is 10.1. The number of anilines is 1. The van der Waals surface area contributed by atoms with Gasteiger partial charge in [-0.05, 0) is 37.6 Å². The average molecular weight is 355 g/mol. The second-order valence-corrected chi connectivity index (χ2v) is 5.96. The van der Waals surface area contributed by atoms with Crippen molar-refractivity contribution in [1.29, 1.82) is 0 Å². The van der Waals surface area contributed by atoms with Crippen LogP contribution < -0.4 is 10.2 Å². The molecule has 0 aliphatic rings. The number of benzene rings is 1. The zero-order valence-electron chi connectivity index (χ0n) is 13.4. The summed E-state index contributed by atoms with van der Waals surface area (Å²) in [5, 5.41) is 3.52. The molecular formula is C17H27BrN2O. The van der Waals surface area contributed by atoms with Crippen LogP contribution in [0, 0.1) is 0 Å². The molecule has 0 radical (unpaired) electrons. The van der Waals surface area contributed by atoms with Gasteiger partial charge in [0.1, 0.15) is 0 Å². The molecule has 0 aromatic heterocycles. The predicted molar refractivity (Wildman–Crippen MR) is 95.1 cm³/mol. The minimum absolute atomic E-state index is 0.347. The van der Waals surface area contributed by atoms with Gasteiger partial charge in [0.15, 0.2) is 0 Å². The summed E-state index contributed by atoms with van der Waals surface area (Å²) < 4.78 is 6.32. The lowest BCUT2D eigenvalue weighted by Crippen LogP contribution is -2.27. The molecule has 1 aromatic carbocycles. The lowest BCUT2D eigenvalue weighted by molar-refractivity contribution is 0.206. The summed E-state index contributed by atoms with van der Waals surface area (Å²) in [4.78, 5) is 2.26. The number of nitrogens with one attached hydrogen (secondary N) is 1. The Hall–Kier alpha value is -0.840. The van der Waals surface area contributed by atoms with Crippen molar-refractivity contribution in [2.45, 2.75) is 26.3 Å². The molecule has 0 aliphatic heterocycles. The van der Waals surface area contributed by atoms with Gasteiger partial charge >= 0.3 is 0 Å². The Labute approximate surface area is 137 Å². The van der Waals surface area contributed by atoms with Gasteiger partial charge in [-0.3, -0.25) is 0 Å². The molecule has 0 fully saturated rings. The Morgan fingerprint density at radius 2 is 2.24 bits per heavy atom. The Morgan fingerprint density at radius 1 is 1.48 bits per heavy atom. The molecular weight excluding hydrogens is 328 g/mol. The van der Waals surface area contributed by atoms with Gasteiger partial charge < -0.3 is 15.0 Å². The molecule has 4 heteroatoms. The maximum absolute atomic E-state index is 5.18. The maximum atomic E-state index is 5.18. The van der Waals surface area contributed by atoms with E-state index < -0.39 is 0 Å². The van der Waals surface area contributed by atoms with Gasteiger partial charge in [0.05, 0.1) is 6.61 Å². The van der Waals surface area contributed by atoms with E-state index in [0.29, 0.717) is 12.6 Å². The highest BCUT2D eigenvalue weighted by atomic mass is 79.9. The van der Waals surface area contributed by atoms with Crippen molar-refractivity contribution in [1.82, 2.24) is 5.32 Å². The van der Waals surface area contributed by atoms with E-state index in [2.05, 4.69) is 64.8 Å². The lowest BCUT2D eigenvalue weighted by Gasteiger charge is -2.24. The first-order valence-corrected chi connectivity index (χ1v) is 8.30. The van der Waals surface area contributed by atoms with Crippen molar-refractivity contribution < 1.29 is 4.74 Å². The van der Waals surface area contributed by atoms with Gasteiger partial charge in [-0.15, -0.1) is 6.58 Å². The van der Waals surface area contributed by atoms with Crippen molar-refractivity contribution in [2.75, 3.05) is 38.3 Å². The van der Waals surface area contributed by atoms with Gasteiger partial charge in [0.25, 0.3) is 0 Å². The molecule has 1 atom stereocenters. The third-order valence-corrected chi connectivity index (χ3v) is 4.12. The SMILES string of the molecule is C=CCN(CCOC)c1ccc(C(C)NCCC)c(Br)c1. The predicted octanol–water partition coefficient (Wildman–Crippen LogP) is 4.15. The fraction of sp³-hybridized carbons (Fsp3) is 0.529. The summed E-state index contributed by atoms with van der Waals surface area (Å²) >= 11 is 3.70. The van der Waals surface area contributed by atoms with Crippen LogP contribution in [0.25, 0.3) is 0 Å². The molecule has 1 aromatic rings. The van der Waals surface area contributed by atoms with Crippen LogP contribution in [0.3, 0.4) is 0 Å². The molecule has 0 amide bonds. The van der Waals surface area contributed by atoms with E-state index in [1.165, 1.54) is 11.3 Å². The third-order valence-electron chi connectivity index (χ3n) is 3.43. The van der Waals surface area contributed by atoms with E-state index in [1.54, 1.807) is 7.11 Å². The largest absolute Gasteiger partial charge is 0.383 e. The molecule has 21 heavy (non-hydrogen) atoms. The average Bonchev–Trinajstić information content (AvgIpc) is 2.48. The number of hydrogen-bond donors (Lipinski definition) is 1. The second-order valence-electron chi connectivity index (χ2n) is 5.11. The topological polar surface area (TPSA) is 24.5 Å². The van der Waals surface area contributed by atoms with Crippen LogP contribution in [0.5, 0.6) is 0 Å². The number of halogens is 1. The van der Waals surface area contributed by atoms with E-state index in [0.717, 1.165) is 30.5 Å². The van der Waals surface area contributed by atoms with Crippen LogP contribution >= 0.6 is 15.9 Å². The molecule has 0 spiro atoms. The van der Waals surface area contributed by atoms with Gasteiger partial charge in [0, 0.05) is 36.4 Å². The third kappa shape index (κ3) is 5.81.